The molecule has 23 heavy (non-hydrogen) atoms. The van der Waals surface area contributed by atoms with Crippen LogP contribution in [0.15, 0.2) is 65.2 Å². The second kappa shape index (κ2) is 6.48. The van der Waals surface area contributed by atoms with Crippen LogP contribution in [0, 0.1) is 0 Å². The van der Waals surface area contributed by atoms with Crippen LogP contribution in [0.3, 0.4) is 0 Å². The molecule has 3 rings (SSSR count). The van der Waals surface area contributed by atoms with Gasteiger partial charge in [-0.1, -0.05) is 59.8 Å². The summed E-state index contributed by atoms with van der Waals surface area (Å²) in [5, 5.41) is 4.12. The predicted molar refractivity (Wildman–Crippen MR) is 87.8 cm³/mol. The molecule has 4 nitrogen and oxygen atoms in total. The van der Waals surface area contributed by atoms with Crippen molar-refractivity contribution in [3.05, 3.63) is 66.2 Å². The molecule has 0 bridgehead atoms. The molecule has 1 aromatic heterocycles. The zero-order valence-electron chi connectivity index (χ0n) is 13.0. The average molecular weight is 307 g/mol. The Morgan fingerprint density at radius 1 is 1.04 bits per heavy atom. The topological polar surface area (TPSA) is 52.3 Å². The van der Waals surface area contributed by atoms with Crippen LogP contribution in [0.2, 0.25) is 0 Å². The summed E-state index contributed by atoms with van der Waals surface area (Å²) in [5.74, 6) is 0.199. The van der Waals surface area contributed by atoms with E-state index in [1.165, 1.54) is 7.11 Å². The Balaban J connectivity index is 1.83. The number of esters is 1. The van der Waals surface area contributed by atoms with Crippen LogP contribution in [-0.2, 0) is 9.53 Å². The van der Waals surface area contributed by atoms with Gasteiger partial charge < -0.3 is 9.26 Å². The number of benzene rings is 2. The van der Waals surface area contributed by atoms with Crippen molar-refractivity contribution in [3.63, 3.8) is 0 Å². The highest BCUT2D eigenvalue weighted by atomic mass is 16.5. The van der Waals surface area contributed by atoms with Gasteiger partial charge in [0.05, 0.1) is 13.0 Å². The maximum Gasteiger partial charge on any atom is 0.312 e. The molecular formula is C19H17NO3. The summed E-state index contributed by atoms with van der Waals surface area (Å²) in [5.41, 5.74) is 3.60. The van der Waals surface area contributed by atoms with E-state index < -0.39 is 0 Å². The molecule has 0 aliphatic rings. The van der Waals surface area contributed by atoms with Gasteiger partial charge in [0.2, 0.25) is 0 Å². The van der Waals surface area contributed by atoms with Crippen LogP contribution in [0.25, 0.3) is 22.6 Å². The molecule has 116 valence electrons. The second-order valence-corrected chi connectivity index (χ2v) is 5.31. The van der Waals surface area contributed by atoms with E-state index in [2.05, 4.69) is 5.16 Å². The van der Waals surface area contributed by atoms with Crippen LogP contribution >= 0.6 is 0 Å². The van der Waals surface area contributed by atoms with Crippen LogP contribution in [0.4, 0.5) is 0 Å². The van der Waals surface area contributed by atoms with Crippen LogP contribution in [-0.4, -0.2) is 18.2 Å². The first-order valence-electron chi connectivity index (χ1n) is 7.39. The van der Waals surface area contributed by atoms with Gasteiger partial charge >= 0.3 is 5.97 Å². The Morgan fingerprint density at radius 2 is 1.74 bits per heavy atom. The number of aromatic nitrogens is 1. The summed E-state index contributed by atoms with van der Waals surface area (Å²) in [6.07, 6.45) is 0. The average Bonchev–Trinajstić information content (AvgIpc) is 3.11. The number of carbonyl (C=O) groups excluding carboxylic acids is 1. The van der Waals surface area contributed by atoms with Crippen molar-refractivity contribution in [3.8, 4) is 22.6 Å². The van der Waals surface area contributed by atoms with Crippen LogP contribution < -0.4 is 0 Å². The van der Waals surface area contributed by atoms with Gasteiger partial charge in [0.25, 0.3) is 0 Å². The van der Waals surface area contributed by atoms with E-state index in [4.69, 9.17) is 9.26 Å². The van der Waals surface area contributed by atoms with Gasteiger partial charge in [0, 0.05) is 17.2 Å². The smallest absolute Gasteiger partial charge is 0.312 e. The first-order valence-corrected chi connectivity index (χ1v) is 7.39. The molecule has 0 fully saturated rings. The van der Waals surface area contributed by atoms with Crippen molar-refractivity contribution in [2.24, 2.45) is 0 Å². The van der Waals surface area contributed by atoms with Gasteiger partial charge in [-0.3, -0.25) is 4.79 Å². The molecule has 1 heterocycles. The highest BCUT2D eigenvalue weighted by molar-refractivity contribution is 5.78. The first kappa shape index (κ1) is 15.0. The normalized spacial score (nSPS) is 11.9. The lowest BCUT2D eigenvalue weighted by atomic mass is 9.99. The zero-order chi connectivity index (χ0) is 16.2. The minimum absolute atomic E-state index is 0.245. The second-order valence-electron chi connectivity index (χ2n) is 5.31. The van der Waals surface area contributed by atoms with Crippen LogP contribution in [0.1, 0.15) is 18.4 Å². The van der Waals surface area contributed by atoms with Gasteiger partial charge in [-0.15, -0.1) is 0 Å². The lowest BCUT2D eigenvalue weighted by molar-refractivity contribution is -0.141. The molecule has 0 radical (unpaired) electrons. The van der Waals surface area contributed by atoms with Gasteiger partial charge in [-0.25, -0.2) is 0 Å². The van der Waals surface area contributed by atoms with E-state index in [-0.39, 0.29) is 11.9 Å². The Labute approximate surface area is 134 Å². The monoisotopic (exact) mass is 307 g/mol. The predicted octanol–water partition coefficient (Wildman–Crippen LogP) is 4.29. The molecule has 0 aliphatic carbocycles. The van der Waals surface area contributed by atoms with Crippen molar-refractivity contribution in [1.82, 2.24) is 5.16 Å². The Bertz CT molecular complexity index is 791. The minimum Gasteiger partial charge on any atom is -0.469 e. The van der Waals surface area contributed by atoms with E-state index >= 15 is 0 Å². The Morgan fingerprint density at radius 3 is 2.39 bits per heavy atom. The SMILES string of the molecule is COC(=O)C(C)c1ccc(-c2cc(-c3ccccc3)on2)cc1. The number of ether oxygens (including phenoxy) is 1. The quantitative estimate of drug-likeness (QED) is 0.675. The molecule has 1 unspecified atom stereocenters. The fourth-order valence-corrected chi connectivity index (χ4v) is 2.41. The van der Waals surface area contributed by atoms with Crippen molar-refractivity contribution in [2.75, 3.05) is 7.11 Å². The molecule has 3 aromatic rings. The van der Waals surface area contributed by atoms with E-state index in [0.717, 1.165) is 28.1 Å². The molecule has 0 spiro atoms. The van der Waals surface area contributed by atoms with Crippen molar-refractivity contribution in [2.45, 2.75) is 12.8 Å². The maximum atomic E-state index is 11.6. The third-order valence-electron chi connectivity index (χ3n) is 3.83. The summed E-state index contributed by atoms with van der Waals surface area (Å²) >= 11 is 0. The summed E-state index contributed by atoms with van der Waals surface area (Å²) in [6.45, 7) is 1.82. The van der Waals surface area contributed by atoms with E-state index in [1.54, 1.807) is 0 Å². The first-order chi connectivity index (χ1) is 11.2. The standard InChI is InChI=1S/C19H17NO3/c1-13(19(21)22-2)14-8-10-15(11-9-14)17-12-18(23-20-17)16-6-4-3-5-7-16/h3-13H,1-2H3. The number of methoxy groups -OCH3 is 1. The van der Waals surface area contributed by atoms with Crippen molar-refractivity contribution >= 4 is 5.97 Å². The molecule has 2 aromatic carbocycles. The highest BCUT2D eigenvalue weighted by Crippen LogP contribution is 2.27. The van der Waals surface area contributed by atoms with Gasteiger partial charge in [-0.05, 0) is 12.5 Å². The van der Waals surface area contributed by atoms with Gasteiger partial charge in [-0.2, -0.15) is 0 Å². The number of hydrogen-bond donors (Lipinski definition) is 0. The molecule has 0 saturated carbocycles. The third kappa shape index (κ3) is 3.16. The van der Waals surface area contributed by atoms with Crippen LogP contribution in [0.5, 0.6) is 0 Å². The van der Waals surface area contributed by atoms with Crippen molar-refractivity contribution < 1.29 is 14.1 Å². The van der Waals surface area contributed by atoms with Gasteiger partial charge in [0.15, 0.2) is 5.76 Å². The molecule has 0 N–H and O–H groups in total. The fraction of sp³-hybridized carbons (Fsp3) is 0.158. The third-order valence-corrected chi connectivity index (χ3v) is 3.83. The molecule has 0 aliphatic heterocycles. The molecule has 4 heteroatoms. The van der Waals surface area contributed by atoms with E-state index in [9.17, 15) is 4.79 Å². The fourth-order valence-electron chi connectivity index (χ4n) is 2.41. The summed E-state index contributed by atoms with van der Waals surface area (Å²) in [4.78, 5) is 11.6. The molecule has 0 amide bonds. The molecule has 0 saturated heterocycles. The molecular weight excluding hydrogens is 290 g/mol. The van der Waals surface area contributed by atoms with E-state index in [1.807, 2.05) is 67.6 Å². The number of rotatable bonds is 4. The summed E-state index contributed by atoms with van der Waals surface area (Å²) < 4.78 is 10.2. The van der Waals surface area contributed by atoms with E-state index in [0.29, 0.717) is 0 Å². The lowest BCUT2D eigenvalue weighted by Gasteiger charge is -2.09. The Kier molecular flexibility index (Phi) is 4.24. The molecule has 1 atom stereocenters. The number of carbonyl (C=O) groups is 1. The number of hydrogen-bond acceptors (Lipinski definition) is 4. The zero-order valence-corrected chi connectivity index (χ0v) is 13.0. The summed E-state index contributed by atoms with van der Waals surface area (Å²) in [6, 6.07) is 19.4. The Hall–Kier alpha value is -2.88. The highest BCUT2D eigenvalue weighted by Gasteiger charge is 2.16. The lowest BCUT2D eigenvalue weighted by Crippen LogP contribution is -2.10. The van der Waals surface area contributed by atoms with Gasteiger partial charge in [0.1, 0.15) is 5.69 Å². The minimum atomic E-state index is -0.286. The van der Waals surface area contributed by atoms with Crippen molar-refractivity contribution in [1.29, 1.82) is 0 Å². The maximum absolute atomic E-state index is 11.6. The summed E-state index contributed by atoms with van der Waals surface area (Å²) in [7, 11) is 1.40. The largest absolute Gasteiger partial charge is 0.469 e. The number of nitrogens with zero attached hydrogens (tertiary/aromatic N) is 1.